The van der Waals surface area contributed by atoms with Crippen LogP contribution < -0.4 is 10.1 Å². The molecule has 0 fully saturated rings. The normalized spacial score (nSPS) is 12.2. The molecule has 0 radical (unpaired) electrons. The first-order valence-electron chi connectivity index (χ1n) is 10.1. The lowest BCUT2D eigenvalue weighted by Crippen LogP contribution is -2.25. The third kappa shape index (κ3) is 5.34. The SMILES string of the molecule is CC(=O)OC(C(=O)Nc1n[nH]c2cc(-c3ccc(OC(F)(F)F)cc3)ccc12)c1ccccc1. The second kappa shape index (κ2) is 9.26. The molecule has 10 heteroatoms. The van der Waals surface area contributed by atoms with E-state index in [-0.39, 0.29) is 11.6 Å². The molecule has 3 aromatic carbocycles. The predicted octanol–water partition coefficient (Wildman–Crippen LogP) is 5.37. The molecule has 2 N–H and O–H groups in total. The summed E-state index contributed by atoms with van der Waals surface area (Å²) in [7, 11) is 0. The quantitative estimate of drug-likeness (QED) is 0.370. The number of benzene rings is 3. The Hall–Kier alpha value is -4.34. The van der Waals surface area contributed by atoms with Gasteiger partial charge in [0.1, 0.15) is 5.75 Å². The number of hydrogen-bond donors (Lipinski definition) is 2. The number of esters is 1. The van der Waals surface area contributed by atoms with Gasteiger partial charge in [0.2, 0.25) is 6.10 Å². The molecule has 1 unspecified atom stereocenters. The number of aromatic amines is 1. The van der Waals surface area contributed by atoms with E-state index in [4.69, 9.17) is 4.74 Å². The van der Waals surface area contributed by atoms with Crippen LogP contribution in [0.15, 0.2) is 72.8 Å². The van der Waals surface area contributed by atoms with Crippen LogP contribution >= 0.6 is 0 Å². The molecule has 4 rings (SSSR count). The summed E-state index contributed by atoms with van der Waals surface area (Å²) in [6.45, 7) is 1.22. The molecule has 4 aromatic rings. The fourth-order valence-corrected chi connectivity index (χ4v) is 3.39. The highest BCUT2D eigenvalue weighted by atomic mass is 19.4. The van der Waals surface area contributed by atoms with E-state index in [2.05, 4.69) is 20.3 Å². The van der Waals surface area contributed by atoms with Gasteiger partial charge >= 0.3 is 12.3 Å². The molecule has 0 spiro atoms. The molecule has 0 saturated carbocycles. The minimum atomic E-state index is -4.76. The van der Waals surface area contributed by atoms with Crippen LogP contribution in [0.25, 0.3) is 22.0 Å². The first kappa shape index (κ1) is 22.8. The standard InChI is InChI=1S/C24H18F3N3O4/c1-14(31)33-21(16-5-3-2-4-6-16)23(32)28-22-19-12-9-17(13-20(19)29-30-22)15-7-10-18(11-8-15)34-24(25,26)27/h2-13,21H,1H3,(H2,28,29,30,32). The summed E-state index contributed by atoms with van der Waals surface area (Å²) >= 11 is 0. The summed E-state index contributed by atoms with van der Waals surface area (Å²) < 4.78 is 46.2. The summed E-state index contributed by atoms with van der Waals surface area (Å²) in [6.07, 6.45) is -5.91. The molecule has 1 amide bonds. The van der Waals surface area contributed by atoms with E-state index in [9.17, 15) is 22.8 Å². The highest BCUT2D eigenvalue weighted by molar-refractivity contribution is 6.02. The number of alkyl halides is 3. The summed E-state index contributed by atoms with van der Waals surface area (Å²) in [4.78, 5) is 24.4. The van der Waals surface area contributed by atoms with Gasteiger partial charge < -0.3 is 14.8 Å². The average molecular weight is 469 g/mol. The van der Waals surface area contributed by atoms with Gasteiger partial charge in [0.05, 0.1) is 5.52 Å². The topological polar surface area (TPSA) is 93.3 Å². The van der Waals surface area contributed by atoms with Crippen molar-refractivity contribution in [2.45, 2.75) is 19.4 Å². The third-order valence-electron chi connectivity index (χ3n) is 4.85. The van der Waals surface area contributed by atoms with Gasteiger partial charge in [-0.05, 0) is 35.4 Å². The van der Waals surface area contributed by atoms with Gasteiger partial charge in [-0.3, -0.25) is 14.7 Å². The number of carbonyl (C=O) groups is 2. The summed E-state index contributed by atoms with van der Waals surface area (Å²) in [5.74, 6) is -1.25. The molecule has 34 heavy (non-hydrogen) atoms. The summed E-state index contributed by atoms with van der Waals surface area (Å²) in [5.41, 5.74) is 2.48. The van der Waals surface area contributed by atoms with Gasteiger partial charge in [-0.1, -0.05) is 48.5 Å². The van der Waals surface area contributed by atoms with Gasteiger partial charge in [0, 0.05) is 17.9 Å². The Morgan fingerprint density at radius 3 is 2.29 bits per heavy atom. The lowest BCUT2D eigenvalue weighted by Gasteiger charge is -2.16. The number of carbonyl (C=O) groups excluding carboxylic acids is 2. The van der Waals surface area contributed by atoms with E-state index in [1.54, 1.807) is 48.5 Å². The van der Waals surface area contributed by atoms with Crippen molar-refractivity contribution in [2.75, 3.05) is 5.32 Å². The molecular formula is C24H18F3N3O4. The van der Waals surface area contributed by atoms with Gasteiger partial charge in [0.15, 0.2) is 5.82 Å². The van der Waals surface area contributed by atoms with Crippen LogP contribution in [0.1, 0.15) is 18.6 Å². The van der Waals surface area contributed by atoms with Crippen molar-refractivity contribution in [1.29, 1.82) is 0 Å². The van der Waals surface area contributed by atoms with Crippen LogP contribution in [-0.4, -0.2) is 28.4 Å². The minimum Gasteiger partial charge on any atom is -0.447 e. The highest BCUT2D eigenvalue weighted by Crippen LogP contribution is 2.30. The Morgan fingerprint density at radius 1 is 0.971 bits per heavy atom. The summed E-state index contributed by atoms with van der Waals surface area (Å²) in [6, 6.07) is 19.3. The van der Waals surface area contributed by atoms with E-state index in [0.717, 1.165) is 5.56 Å². The number of nitrogens with zero attached hydrogens (tertiary/aromatic N) is 1. The number of fused-ring (bicyclic) bond motifs is 1. The zero-order valence-electron chi connectivity index (χ0n) is 17.7. The molecular weight excluding hydrogens is 451 g/mol. The number of aromatic nitrogens is 2. The van der Waals surface area contributed by atoms with Gasteiger partial charge in [-0.2, -0.15) is 5.10 Å². The molecule has 0 bridgehead atoms. The maximum atomic E-state index is 12.9. The van der Waals surface area contributed by atoms with Crippen molar-refractivity contribution in [3.63, 3.8) is 0 Å². The smallest absolute Gasteiger partial charge is 0.447 e. The number of anilines is 1. The number of H-pyrrole nitrogens is 1. The lowest BCUT2D eigenvalue weighted by molar-refractivity contribution is -0.274. The number of ether oxygens (including phenoxy) is 2. The number of rotatable bonds is 6. The maximum Gasteiger partial charge on any atom is 0.573 e. The minimum absolute atomic E-state index is 0.244. The molecule has 0 aliphatic heterocycles. The van der Waals surface area contributed by atoms with Crippen molar-refractivity contribution in [3.8, 4) is 16.9 Å². The van der Waals surface area contributed by atoms with Gasteiger partial charge in [-0.25, -0.2) is 0 Å². The molecule has 1 aromatic heterocycles. The van der Waals surface area contributed by atoms with Crippen LogP contribution in [0.3, 0.4) is 0 Å². The largest absolute Gasteiger partial charge is 0.573 e. The zero-order chi connectivity index (χ0) is 24.3. The zero-order valence-corrected chi connectivity index (χ0v) is 17.7. The fourth-order valence-electron chi connectivity index (χ4n) is 3.39. The van der Waals surface area contributed by atoms with Crippen molar-refractivity contribution >= 4 is 28.6 Å². The molecule has 1 atom stereocenters. The molecule has 7 nitrogen and oxygen atoms in total. The van der Waals surface area contributed by atoms with E-state index < -0.39 is 24.3 Å². The van der Waals surface area contributed by atoms with Crippen LogP contribution in [0.2, 0.25) is 0 Å². The predicted molar refractivity (Wildman–Crippen MR) is 118 cm³/mol. The van der Waals surface area contributed by atoms with Crippen molar-refractivity contribution in [3.05, 3.63) is 78.4 Å². The van der Waals surface area contributed by atoms with Crippen LogP contribution in [0, 0.1) is 0 Å². The number of nitrogens with one attached hydrogen (secondary N) is 2. The van der Waals surface area contributed by atoms with Crippen molar-refractivity contribution in [1.82, 2.24) is 10.2 Å². The van der Waals surface area contributed by atoms with Crippen LogP contribution in [-0.2, 0) is 14.3 Å². The monoisotopic (exact) mass is 469 g/mol. The molecule has 0 aliphatic rings. The van der Waals surface area contributed by atoms with E-state index in [1.165, 1.54) is 31.2 Å². The lowest BCUT2D eigenvalue weighted by atomic mass is 10.0. The third-order valence-corrected chi connectivity index (χ3v) is 4.85. The van der Waals surface area contributed by atoms with Crippen LogP contribution in [0.5, 0.6) is 5.75 Å². The Bertz CT molecular complexity index is 1320. The Balaban J connectivity index is 1.55. The fraction of sp³-hybridized carbons (Fsp3) is 0.125. The Labute approximate surface area is 191 Å². The van der Waals surface area contributed by atoms with E-state index in [1.807, 2.05) is 0 Å². The van der Waals surface area contributed by atoms with Crippen molar-refractivity contribution < 1.29 is 32.2 Å². The first-order chi connectivity index (χ1) is 16.2. The number of amides is 1. The molecule has 0 aliphatic carbocycles. The van der Waals surface area contributed by atoms with E-state index >= 15 is 0 Å². The summed E-state index contributed by atoms with van der Waals surface area (Å²) in [5, 5.41) is 10.2. The number of hydrogen-bond acceptors (Lipinski definition) is 5. The second-order valence-corrected chi connectivity index (χ2v) is 7.29. The Kier molecular flexibility index (Phi) is 6.22. The molecule has 174 valence electrons. The first-order valence-corrected chi connectivity index (χ1v) is 10.1. The van der Waals surface area contributed by atoms with Crippen LogP contribution in [0.4, 0.5) is 19.0 Å². The molecule has 1 heterocycles. The van der Waals surface area contributed by atoms with E-state index in [0.29, 0.717) is 22.0 Å². The van der Waals surface area contributed by atoms with Gasteiger partial charge in [0.25, 0.3) is 5.91 Å². The Morgan fingerprint density at radius 2 is 1.65 bits per heavy atom. The highest BCUT2D eigenvalue weighted by Gasteiger charge is 2.31. The van der Waals surface area contributed by atoms with Gasteiger partial charge in [-0.15, -0.1) is 13.2 Å². The maximum absolute atomic E-state index is 12.9. The van der Waals surface area contributed by atoms with Crippen molar-refractivity contribution in [2.24, 2.45) is 0 Å². The second-order valence-electron chi connectivity index (χ2n) is 7.29. The number of halogens is 3. The molecule has 0 saturated heterocycles. The average Bonchev–Trinajstić information content (AvgIpc) is 3.19.